The minimum Gasteiger partial charge on any atom is -0.484 e. The zero-order chi connectivity index (χ0) is 20.5. The van der Waals surface area contributed by atoms with Crippen LogP contribution < -0.4 is 10.1 Å². The van der Waals surface area contributed by atoms with Gasteiger partial charge in [0.2, 0.25) is 5.91 Å². The fraction of sp³-hybridized carbons (Fsp3) is 0.364. The molecule has 2 aromatic carbocycles. The summed E-state index contributed by atoms with van der Waals surface area (Å²) in [5.74, 6) is 0.106. The van der Waals surface area contributed by atoms with E-state index < -0.39 is 6.04 Å². The van der Waals surface area contributed by atoms with Crippen molar-refractivity contribution in [1.82, 2.24) is 10.2 Å². The van der Waals surface area contributed by atoms with E-state index in [9.17, 15) is 9.59 Å². The highest BCUT2D eigenvalue weighted by atomic mass is 35.5. The highest BCUT2D eigenvalue weighted by Crippen LogP contribution is 2.18. The van der Waals surface area contributed by atoms with E-state index in [1.165, 1.54) is 0 Å². The van der Waals surface area contributed by atoms with Crippen LogP contribution in [0.2, 0.25) is 5.02 Å². The third kappa shape index (κ3) is 6.27. The lowest BCUT2D eigenvalue weighted by molar-refractivity contribution is -0.142. The van der Waals surface area contributed by atoms with Crippen molar-refractivity contribution in [2.75, 3.05) is 13.2 Å². The van der Waals surface area contributed by atoms with Gasteiger partial charge in [0.25, 0.3) is 5.91 Å². The van der Waals surface area contributed by atoms with E-state index in [-0.39, 0.29) is 18.4 Å². The molecule has 6 heteroatoms. The Morgan fingerprint density at radius 3 is 2.46 bits per heavy atom. The number of aryl methyl sites for hydroxylation is 1. The molecule has 2 amide bonds. The number of likely N-dealkylation sites (N-methyl/N-ethyl adjacent to an activating group) is 1. The number of nitrogens with zero attached hydrogens (tertiary/aromatic N) is 1. The first-order valence-electron chi connectivity index (χ1n) is 9.45. The maximum Gasteiger partial charge on any atom is 0.261 e. The Kier molecular flexibility index (Phi) is 8.33. The number of carbonyl (C=O) groups excluding carboxylic acids is 2. The molecule has 0 spiro atoms. The fourth-order valence-electron chi connectivity index (χ4n) is 2.89. The highest BCUT2D eigenvalue weighted by Gasteiger charge is 2.28. The molecule has 0 aliphatic heterocycles. The largest absolute Gasteiger partial charge is 0.484 e. The topological polar surface area (TPSA) is 58.6 Å². The molecule has 0 bridgehead atoms. The molecule has 5 nitrogen and oxygen atoms in total. The van der Waals surface area contributed by atoms with E-state index in [2.05, 4.69) is 5.32 Å². The summed E-state index contributed by atoms with van der Waals surface area (Å²) in [5, 5.41) is 3.35. The molecule has 1 unspecified atom stereocenters. The van der Waals surface area contributed by atoms with Crippen LogP contribution in [0.5, 0.6) is 5.75 Å². The number of rotatable bonds is 9. The van der Waals surface area contributed by atoms with E-state index >= 15 is 0 Å². The minimum absolute atomic E-state index is 0.159. The van der Waals surface area contributed by atoms with Gasteiger partial charge in [0.15, 0.2) is 6.61 Å². The van der Waals surface area contributed by atoms with E-state index in [0.29, 0.717) is 30.3 Å². The number of hydrogen-bond acceptors (Lipinski definition) is 3. The average Bonchev–Trinajstić information content (AvgIpc) is 2.68. The molecule has 0 saturated heterocycles. The molecular formula is C22H27ClN2O3. The van der Waals surface area contributed by atoms with Gasteiger partial charge >= 0.3 is 0 Å². The second kappa shape index (κ2) is 10.7. The third-order valence-electron chi connectivity index (χ3n) is 4.37. The zero-order valence-electron chi connectivity index (χ0n) is 16.6. The first kappa shape index (κ1) is 21.8. The van der Waals surface area contributed by atoms with Crippen LogP contribution in [0.1, 0.15) is 31.4 Å². The maximum absolute atomic E-state index is 13.0. The van der Waals surface area contributed by atoms with Crippen molar-refractivity contribution in [3.63, 3.8) is 0 Å². The van der Waals surface area contributed by atoms with Gasteiger partial charge < -0.3 is 15.0 Å². The van der Waals surface area contributed by atoms with Crippen molar-refractivity contribution in [2.24, 2.45) is 0 Å². The summed E-state index contributed by atoms with van der Waals surface area (Å²) in [6.45, 7) is 6.46. The highest BCUT2D eigenvalue weighted by molar-refractivity contribution is 6.30. The van der Waals surface area contributed by atoms with Crippen molar-refractivity contribution in [2.45, 2.75) is 39.8 Å². The standard InChI is InChI=1S/C22H27ClN2O3/c1-4-20(22(27)24-5-2)25(14-17-11-9-16(3)10-12-17)21(26)15-28-19-8-6-7-18(23)13-19/h6-13,20H,4-5,14-15H2,1-3H3,(H,24,27). The number of halogens is 1. The maximum atomic E-state index is 13.0. The Morgan fingerprint density at radius 2 is 1.86 bits per heavy atom. The molecule has 150 valence electrons. The van der Waals surface area contributed by atoms with Crippen molar-refractivity contribution in [3.05, 3.63) is 64.7 Å². The van der Waals surface area contributed by atoms with Crippen molar-refractivity contribution >= 4 is 23.4 Å². The van der Waals surface area contributed by atoms with Crippen molar-refractivity contribution in [1.29, 1.82) is 0 Å². The smallest absolute Gasteiger partial charge is 0.261 e. The van der Waals surface area contributed by atoms with Gasteiger partial charge in [-0.25, -0.2) is 0 Å². The third-order valence-corrected chi connectivity index (χ3v) is 4.60. The van der Waals surface area contributed by atoms with E-state index in [1.54, 1.807) is 29.2 Å². The van der Waals surface area contributed by atoms with Crippen molar-refractivity contribution < 1.29 is 14.3 Å². The van der Waals surface area contributed by atoms with Crippen LogP contribution in [0, 0.1) is 6.92 Å². The van der Waals surface area contributed by atoms with Crippen LogP contribution in [0.25, 0.3) is 0 Å². The Bertz CT molecular complexity index is 793. The Balaban J connectivity index is 2.18. The molecule has 0 saturated carbocycles. The van der Waals surface area contributed by atoms with Gasteiger partial charge in [0, 0.05) is 18.1 Å². The summed E-state index contributed by atoms with van der Waals surface area (Å²) in [6, 6.07) is 14.3. The molecule has 0 aliphatic carbocycles. The molecule has 28 heavy (non-hydrogen) atoms. The SMILES string of the molecule is CCNC(=O)C(CC)N(Cc1ccc(C)cc1)C(=O)COc1cccc(Cl)c1. The second-order valence-electron chi connectivity index (χ2n) is 6.57. The molecule has 0 aliphatic rings. The van der Waals surface area contributed by atoms with Crippen molar-refractivity contribution in [3.8, 4) is 5.75 Å². The molecule has 2 aromatic rings. The first-order chi connectivity index (χ1) is 13.4. The molecule has 0 heterocycles. The van der Waals surface area contributed by atoms with E-state index in [4.69, 9.17) is 16.3 Å². The summed E-state index contributed by atoms with van der Waals surface area (Å²) < 4.78 is 5.61. The van der Waals surface area contributed by atoms with Gasteiger partial charge in [-0.05, 0) is 44.0 Å². The summed E-state index contributed by atoms with van der Waals surface area (Å²) in [5.41, 5.74) is 2.10. The van der Waals surface area contributed by atoms with Crippen LogP contribution >= 0.6 is 11.6 Å². The summed E-state index contributed by atoms with van der Waals surface area (Å²) in [4.78, 5) is 27.1. The number of amides is 2. The Hall–Kier alpha value is -2.53. The number of benzene rings is 2. The zero-order valence-corrected chi connectivity index (χ0v) is 17.3. The Labute approximate surface area is 171 Å². The lowest BCUT2D eigenvalue weighted by Crippen LogP contribution is -2.50. The van der Waals surface area contributed by atoms with Gasteiger partial charge in [-0.3, -0.25) is 9.59 Å². The molecular weight excluding hydrogens is 376 g/mol. The lowest BCUT2D eigenvalue weighted by Gasteiger charge is -2.30. The van der Waals surface area contributed by atoms with Gasteiger partial charge in [0.05, 0.1) is 0 Å². The fourth-order valence-corrected chi connectivity index (χ4v) is 3.07. The van der Waals surface area contributed by atoms with Crippen LogP contribution in [-0.4, -0.2) is 35.9 Å². The molecule has 1 atom stereocenters. The number of ether oxygens (including phenoxy) is 1. The Morgan fingerprint density at radius 1 is 1.14 bits per heavy atom. The first-order valence-corrected chi connectivity index (χ1v) is 9.83. The van der Waals surface area contributed by atoms with Crippen LogP contribution in [0.15, 0.2) is 48.5 Å². The van der Waals surface area contributed by atoms with E-state index in [1.807, 2.05) is 45.0 Å². The second-order valence-corrected chi connectivity index (χ2v) is 7.01. The quantitative estimate of drug-likeness (QED) is 0.690. The number of hydrogen-bond donors (Lipinski definition) is 1. The van der Waals surface area contributed by atoms with Gasteiger partial charge in [-0.15, -0.1) is 0 Å². The van der Waals surface area contributed by atoms with Gasteiger partial charge in [-0.2, -0.15) is 0 Å². The molecule has 0 aromatic heterocycles. The number of carbonyl (C=O) groups is 2. The monoisotopic (exact) mass is 402 g/mol. The summed E-state index contributed by atoms with van der Waals surface area (Å²) in [6.07, 6.45) is 0.514. The molecule has 0 fully saturated rings. The molecule has 2 rings (SSSR count). The van der Waals surface area contributed by atoms with Crippen LogP contribution in [0.4, 0.5) is 0 Å². The predicted molar refractivity (Wildman–Crippen MR) is 111 cm³/mol. The number of nitrogens with one attached hydrogen (secondary N) is 1. The van der Waals surface area contributed by atoms with E-state index in [0.717, 1.165) is 11.1 Å². The molecule has 1 N–H and O–H groups in total. The predicted octanol–water partition coefficient (Wildman–Crippen LogP) is 3.97. The van der Waals surface area contributed by atoms with Gasteiger partial charge in [-0.1, -0.05) is 54.4 Å². The molecule has 0 radical (unpaired) electrons. The van der Waals surface area contributed by atoms with Gasteiger partial charge in [0.1, 0.15) is 11.8 Å². The lowest BCUT2D eigenvalue weighted by atomic mass is 10.1. The van der Waals surface area contributed by atoms with Crippen LogP contribution in [-0.2, 0) is 16.1 Å². The summed E-state index contributed by atoms with van der Waals surface area (Å²) in [7, 11) is 0. The average molecular weight is 403 g/mol. The van der Waals surface area contributed by atoms with Crippen LogP contribution in [0.3, 0.4) is 0 Å². The minimum atomic E-state index is -0.559. The summed E-state index contributed by atoms with van der Waals surface area (Å²) >= 11 is 5.96. The normalized spacial score (nSPS) is 11.6.